The molecule has 2 N–H and O–H groups in total. The van der Waals surface area contributed by atoms with Gasteiger partial charge in [0.1, 0.15) is 11.6 Å². The van der Waals surface area contributed by atoms with Crippen LogP contribution in [0.3, 0.4) is 0 Å². The molecule has 6 rings (SSSR count). The van der Waals surface area contributed by atoms with Crippen molar-refractivity contribution in [3.8, 4) is 17.2 Å². The summed E-state index contributed by atoms with van der Waals surface area (Å²) in [6, 6.07) is 15.2. The largest absolute Gasteiger partial charge is 0.454 e. The monoisotopic (exact) mass is 602 g/mol. The lowest BCUT2D eigenvalue weighted by Crippen LogP contribution is -2.37. The van der Waals surface area contributed by atoms with E-state index in [9.17, 15) is 17.6 Å². The van der Waals surface area contributed by atoms with Gasteiger partial charge in [-0.1, -0.05) is 18.2 Å². The topological polar surface area (TPSA) is 117 Å². The Morgan fingerprint density at radius 3 is 2.58 bits per heavy atom. The lowest BCUT2D eigenvalue weighted by Gasteiger charge is -2.31. The lowest BCUT2D eigenvalue weighted by atomic mass is 10.0. The Morgan fingerprint density at radius 1 is 1.09 bits per heavy atom. The second-order valence-electron chi connectivity index (χ2n) is 10.9. The number of hydrogen-bond donors (Lipinski definition) is 1. The van der Waals surface area contributed by atoms with Gasteiger partial charge in [-0.25, -0.2) is 17.5 Å². The van der Waals surface area contributed by atoms with Crippen molar-refractivity contribution in [3.63, 3.8) is 0 Å². The van der Waals surface area contributed by atoms with Crippen LogP contribution in [-0.4, -0.2) is 56.5 Å². The zero-order valence-electron chi connectivity index (χ0n) is 23.8. The fourth-order valence-electron chi connectivity index (χ4n) is 5.56. The molecule has 2 aliphatic rings. The Hall–Kier alpha value is -4.48. The molecule has 9 nitrogen and oxygen atoms in total. The number of nitrogen functional groups attached to an aromatic ring is 1. The summed E-state index contributed by atoms with van der Waals surface area (Å²) in [6.07, 6.45) is 4.89. The number of ether oxygens (including phenoxy) is 2. The summed E-state index contributed by atoms with van der Waals surface area (Å²) in [5.41, 5.74) is 12.1. The van der Waals surface area contributed by atoms with Crippen LogP contribution in [0.5, 0.6) is 11.5 Å². The summed E-state index contributed by atoms with van der Waals surface area (Å²) in [5, 5.41) is 4.40. The molecule has 0 radical (unpaired) electrons. The van der Waals surface area contributed by atoms with E-state index in [1.807, 2.05) is 25.1 Å². The number of aromatic nitrogens is 2. The van der Waals surface area contributed by atoms with Crippen molar-refractivity contribution in [1.29, 1.82) is 0 Å². The first kappa shape index (κ1) is 28.6. The fourth-order valence-corrected chi connectivity index (χ4v) is 6.35. The Labute approximate surface area is 249 Å². The van der Waals surface area contributed by atoms with E-state index in [0.29, 0.717) is 49.7 Å². The van der Waals surface area contributed by atoms with Gasteiger partial charge in [0.25, 0.3) is 0 Å². The van der Waals surface area contributed by atoms with Crippen molar-refractivity contribution in [1.82, 2.24) is 9.78 Å². The highest BCUT2D eigenvalue weighted by Crippen LogP contribution is 2.36. The summed E-state index contributed by atoms with van der Waals surface area (Å²) in [7, 11) is -3.28. The number of benzene rings is 3. The molecule has 11 heteroatoms. The number of allylic oxidation sites excluding steroid dienone is 1. The van der Waals surface area contributed by atoms with E-state index in [0.717, 1.165) is 27.9 Å². The second kappa shape index (κ2) is 11.3. The Balaban J connectivity index is 1.26. The predicted octanol–water partition coefficient (Wildman–Crippen LogP) is 4.90. The molecule has 1 fully saturated rings. The number of fused-ring (bicyclic) bond motifs is 1. The van der Waals surface area contributed by atoms with Crippen molar-refractivity contribution in [3.05, 3.63) is 100 Å². The van der Waals surface area contributed by atoms with Gasteiger partial charge in [0, 0.05) is 37.0 Å². The molecular formula is C32H31FN4O5S. The average molecular weight is 603 g/mol. The third-order valence-corrected chi connectivity index (χ3v) is 8.46. The summed E-state index contributed by atoms with van der Waals surface area (Å²) in [5.74, 6) is -0.0222. The van der Waals surface area contributed by atoms with Crippen LogP contribution in [-0.2, 0) is 26.7 Å². The maximum atomic E-state index is 14.0. The van der Waals surface area contributed by atoms with Crippen LogP contribution in [0.15, 0.2) is 66.4 Å². The van der Waals surface area contributed by atoms with Gasteiger partial charge in [-0.2, -0.15) is 5.10 Å². The molecule has 43 heavy (non-hydrogen) atoms. The smallest absolute Gasteiger partial charge is 0.194 e. The van der Waals surface area contributed by atoms with Gasteiger partial charge in [-0.3, -0.25) is 4.79 Å². The molecular weight excluding hydrogens is 571 g/mol. The van der Waals surface area contributed by atoms with E-state index < -0.39 is 15.7 Å². The number of anilines is 2. The molecule has 0 spiro atoms. The van der Waals surface area contributed by atoms with Crippen LogP contribution < -0.4 is 15.4 Å². The molecule has 0 amide bonds. The average Bonchev–Trinajstić information content (AvgIpc) is 3.56. The predicted molar refractivity (Wildman–Crippen MR) is 163 cm³/mol. The molecule has 1 aromatic heterocycles. The molecule has 4 aromatic rings. The Kier molecular flexibility index (Phi) is 7.53. The highest BCUT2D eigenvalue weighted by atomic mass is 32.2. The van der Waals surface area contributed by atoms with Crippen molar-refractivity contribution in [2.24, 2.45) is 0 Å². The number of carbonyl (C=O) groups excluding carboxylic acids is 1. The lowest BCUT2D eigenvalue weighted by molar-refractivity contribution is 0.103. The highest BCUT2D eigenvalue weighted by Gasteiger charge is 2.27. The highest BCUT2D eigenvalue weighted by molar-refractivity contribution is 7.89. The number of nitrogens with zero attached hydrogens (tertiary/aromatic N) is 3. The maximum absolute atomic E-state index is 14.0. The van der Waals surface area contributed by atoms with E-state index in [4.69, 9.17) is 15.2 Å². The van der Waals surface area contributed by atoms with Gasteiger partial charge in [0.2, 0.25) is 0 Å². The van der Waals surface area contributed by atoms with Crippen LogP contribution in [0.2, 0.25) is 0 Å². The summed E-state index contributed by atoms with van der Waals surface area (Å²) < 4.78 is 51.2. The van der Waals surface area contributed by atoms with Gasteiger partial charge in [0.05, 0.1) is 36.4 Å². The zero-order valence-corrected chi connectivity index (χ0v) is 24.7. The number of morpholine rings is 1. The van der Waals surface area contributed by atoms with E-state index in [1.165, 1.54) is 23.2 Å². The molecule has 0 unspecified atom stereocenters. The Morgan fingerprint density at radius 2 is 1.86 bits per heavy atom. The number of para-hydroxylation sites is 1. The first-order valence-electron chi connectivity index (χ1n) is 13.9. The Bertz CT molecular complexity index is 1880. The molecule has 1 aliphatic heterocycles. The molecule has 2 heterocycles. The van der Waals surface area contributed by atoms with E-state index >= 15 is 0 Å². The standard InChI is InChI=1S/C32H31FN4O5S/c1-20-13-25(42-30-6-4-3-5-27(30)33)7-8-28(20)37-32(34)26(18-35-37)31(38)23-14-21-16-24(19-43(2,39)40)29(17-22(21)15-23)36-9-11-41-12-10-36/h3-8,13,15-18H,9-12,14,19,34H2,1-2H3. The van der Waals surface area contributed by atoms with Crippen molar-refractivity contribution in [2.45, 2.75) is 19.1 Å². The first-order valence-corrected chi connectivity index (χ1v) is 15.9. The molecule has 0 atom stereocenters. The minimum Gasteiger partial charge on any atom is -0.454 e. The number of rotatable bonds is 8. The second-order valence-corrected chi connectivity index (χ2v) is 13.0. The van der Waals surface area contributed by atoms with Crippen molar-refractivity contribution < 1.29 is 27.1 Å². The molecule has 222 valence electrons. The summed E-state index contributed by atoms with van der Waals surface area (Å²) >= 11 is 0. The zero-order chi connectivity index (χ0) is 30.3. The molecule has 1 saturated heterocycles. The SMILES string of the molecule is Cc1cc(Oc2ccccc2F)ccc1-n1ncc(C(=O)C2=Cc3cc(N4CCOCC4)c(CS(C)(=O)=O)cc3C2)c1N. The molecule has 0 bridgehead atoms. The van der Waals surface area contributed by atoms with Crippen molar-refractivity contribution >= 4 is 33.2 Å². The summed E-state index contributed by atoms with van der Waals surface area (Å²) in [6.45, 7) is 4.31. The summed E-state index contributed by atoms with van der Waals surface area (Å²) in [4.78, 5) is 15.8. The van der Waals surface area contributed by atoms with Crippen LogP contribution in [0.1, 0.15) is 32.6 Å². The number of hydrogen-bond acceptors (Lipinski definition) is 8. The van der Waals surface area contributed by atoms with Gasteiger partial charge in [-0.05, 0) is 71.7 Å². The fraction of sp³-hybridized carbons (Fsp3) is 0.250. The van der Waals surface area contributed by atoms with Gasteiger partial charge < -0.3 is 20.1 Å². The van der Waals surface area contributed by atoms with Gasteiger partial charge >= 0.3 is 0 Å². The molecule has 0 saturated carbocycles. The number of sulfone groups is 1. The van der Waals surface area contributed by atoms with Gasteiger partial charge in [0.15, 0.2) is 27.2 Å². The minimum atomic E-state index is -3.28. The quantitative estimate of drug-likeness (QED) is 0.283. The maximum Gasteiger partial charge on any atom is 0.194 e. The first-order chi connectivity index (χ1) is 20.6. The van der Waals surface area contributed by atoms with Gasteiger partial charge in [-0.15, -0.1) is 0 Å². The van der Waals surface area contributed by atoms with E-state index in [2.05, 4.69) is 10.00 Å². The molecule has 3 aromatic carbocycles. The van der Waals surface area contributed by atoms with Crippen LogP contribution in [0.25, 0.3) is 11.8 Å². The third-order valence-electron chi connectivity index (χ3n) is 7.62. The number of halogens is 1. The number of Topliss-reactive ketones (excluding diaryl/α,β-unsaturated/α-hetero) is 1. The van der Waals surface area contributed by atoms with Crippen LogP contribution in [0.4, 0.5) is 15.9 Å². The van der Waals surface area contributed by atoms with Crippen LogP contribution >= 0.6 is 0 Å². The number of nitrogens with two attached hydrogens (primary N) is 1. The minimum absolute atomic E-state index is 0.0839. The van der Waals surface area contributed by atoms with Crippen molar-refractivity contribution in [2.75, 3.05) is 43.2 Å². The normalized spacial score (nSPS) is 14.9. The number of ketones is 1. The van der Waals surface area contributed by atoms with E-state index in [1.54, 1.807) is 36.4 Å². The van der Waals surface area contributed by atoms with E-state index in [-0.39, 0.29) is 28.7 Å². The third kappa shape index (κ3) is 5.91. The number of carbonyl (C=O) groups is 1. The van der Waals surface area contributed by atoms with Crippen LogP contribution in [0, 0.1) is 12.7 Å². The molecule has 1 aliphatic carbocycles. The number of aryl methyl sites for hydroxylation is 1.